The van der Waals surface area contributed by atoms with Crippen molar-refractivity contribution < 1.29 is 13.9 Å². The summed E-state index contributed by atoms with van der Waals surface area (Å²) in [7, 11) is 1.89. The number of hydrogen-bond acceptors (Lipinski definition) is 8. The summed E-state index contributed by atoms with van der Waals surface area (Å²) in [6, 6.07) is 14.9. The summed E-state index contributed by atoms with van der Waals surface area (Å²) in [5, 5.41) is 18.0. The minimum atomic E-state index is -0.332. The quantitative estimate of drug-likeness (QED) is 0.423. The number of aromatic nitrogens is 5. The minimum absolute atomic E-state index is 0.332. The van der Waals surface area contributed by atoms with Crippen molar-refractivity contribution in [2.24, 2.45) is 7.05 Å². The second kappa shape index (κ2) is 8.00. The number of para-hydroxylation sites is 2. The van der Waals surface area contributed by atoms with E-state index in [1.807, 2.05) is 54.1 Å². The van der Waals surface area contributed by atoms with E-state index in [0.29, 0.717) is 51.5 Å². The summed E-state index contributed by atoms with van der Waals surface area (Å²) >= 11 is 7.64. The number of halogens is 1. The monoisotopic (exact) mass is 441 g/mol. The molecule has 4 aromatic rings. The molecule has 0 saturated carbocycles. The number of ether oxygens (including phenoxy) is 2. The van der Waals surface area contributed by atoms with Crippen LogP contribution in [0.4, 0.5) is 0 Å². The third-order valence-corrected chi connectivity index (χ3v) is 5.90. The van der Waals surface area contributed by atoms with Gasteiger partial charge in [0, 0.05) is 7.05 Å². The molecule has 8 nitrogen and oxygen atoms in total. The smallest absolute Gasteiger partial charge is 0.249 e. The molecule has 0 radical (unpaired) electrons. The Morgan fingerprint density at radius 1 is 1.03 bits per heavy atom. The van der Waals surface area contributed by atoms with Crippen LogP contribution in [0.25, 0.3) is 11.5 Å². The maximum Gasteiger partial charge on any atom is 0.249 e. The molecule has 2 aromatic carbocycles. The normalized spacial score (nSPS) is 15.3. The van der Waals surface area contributed by atoms with Crippen LogP contribution in [0.15, 0.2) is 58.1 Å². The van der Waals surface area contributed by atoms with E-state index in [-0.39, 0.29) is 6.10 Å². The molecule has 3 heterocycles. The fourth-order valence-corrected chi connectivity index (χ4v) is 4.03. The van der Waals surface area contributed by atoms with Crippen molar-refractivity contribution in [2.45, 2.75) is 17.0 Å². The maximum atomic E-state index is 6.19. The number of nitrogens with zero attached hydrogens (tertiary/aromatic N) is 5. The molecule has 0 aliphatic carbocycles. The highest BCUT2D eigenvalue weighted by molar-refractivity contribution is 7.98. The first-order chi connectivity index (χ1) is 14.7. The lowest BCUT2D eigenvalue weighted by Gasteiger charge is -2.25. The predicted octanol–water partition coefficient (Wildman–Crippen LogP) is 4.32. The molecule has 5 rings (SSSR count). The second-order valence-corrected chi connectivity index (χ2v) is 7.88. The number of rotatable bonds is 5. The SMILES string of the molecule is Cn1c(SCc2nnc(-c3ccccc3Cl)o2)nnc1[C@@H]1COc2ccccc2O1. The fraction of sp³-hybridized carbons (Fsp3) is 0.200. The van der Waals surface area contributed by atoms with E-state index < -0.39 is 0 Å². The Labute approximate surface area is 181 Å². The Bertz CT molecular complexity index is 1190. The lowest BCUT2D eigenvalue weighted by atomic mass is 10.2. The van der Waals surface area contributed by atoms with Gasteiger partial charge in [0.1, 0.15) is 6.61 Å². The van der Waals surface area contributed by atoms with E-state index >= 15 is 0 Å². The van der Waals surface area contributed by atoms with Gasteiger partial charge in [0.2, 0.25) is 11.8 Å². The van der Waals surface area contributed by atoms with E-state index in [2.05, 4.69) is 20.4 Å². The van der Waals surface area contributed by atoms with E-state index in [0.717, 1.165) is 5.75 Å². The molecule has 30 heavy (non-hydrogen) atoms. The number of hydrogen-bond donors (Lipinski definition) is 0. The van der Waals surface area contributed by atoms with Crippen molar-refractivity contribution in [1.82, 2.24) is 25.0 Å². The summed E-state index contributed by atoms with van der Waals surface area (Å²) in [4.78, 5) is 0. The van der Waals surface area contributed by atoms with Crippen LogP contribution >= 0.6 is 23.4 Å². The predicted molar refractivity (Wildman–Crippen MR) is 111 cm³/mol. The third kappa shape index (κ3) is 3.61. The fourth-order valence-electron chi connectivity index (χ4n) is 3.06. The van der Waals surface area contributed by atoms with Crippen LogP contribution in [-0.4, -0.2) is 31.6 Å². The van der Waals surface area contributed by atoms with Gasteiger partial charge in [0.05, 0.1) is 16.3 Å². The van der Waals surface area contributed by atoms with Crippen LogP contribution in [-0.2, 0) is 12.8 Å². The largest absolute Gasteiger partial charge is 0.485 e. The van der Waals surface area contributed by atoms with Gasteiger partial charge >= 0.3 is 0 Å². The van der Waals surface area contributed by atoms with Gasteiger partial charge in [-0.2, -0.15) is 0 Å². The van der Waals surface area contributed by atoms with E-state index in [1.54, 1.807) is 6.07 Å². The van der Waals surface area contributed by atoms with Crippen LogP contribution in [0.3, 0.4) is 0 Å². The second-order valence-electron chi connectivity index (χ2n) is 6.53. The summed E-state index contributed by atoms with van der Waals surface area (Å²) in [5.41, 5.74) is 0.707. The molecule has 152 valence electrons. The van der Waals surface area contributed by atoms with Crippen molar-refractivity contribution in [1.29, 1.82) is 0 Å². The van der Waals surface area contributed by atoms with Crippen molar-refractivity contribution in [3.05, 3.63) is 65.3 Å². The average molecular weight is 442 g/mol. The van der Waals surface area contributed by atoms with Crippen LogP contribution in [0.5, 0.6) is 11.5 Å². The van der Waals surface area contributed by atoms with Gasteiger partial charge in [-0.05, 0) is 24.3 Å². The molecule has 2 aromatic heterocycles. The topological polar surface area (TPSA) is 88.1 Å². The zero-order chi connectivity index (χ0) is 20.5. The highest BCUT2D eigenvalue weighted by Gasteiger charge is 2.27. The van der Waals surface area contributed by atoms with E-state index in [1.165, 1.54) is 11.8 Å². The molecule has 1 aliphatic rings. The summed E-state index contributed by atoms with van der Waals surface area (Å²) in [6.45, 7) is 0.374. The zero-order valence-electron chi connectivity index (χ0n) is 15.9. The first kappa shape index (κ1) is 19.0. The summed E-state index contributed by atoms with van der Waals surface area (Å²) < 4.78 is 19.4. The summed E-state index contributed by atoms with van der Waals surface area (Å²) in [5.74, 6) is 3.44. The van der Waals surface area contributed by atoms with Gasteiger partial charge in [-0.3, -0.25) is 0 Å². The highest BCUT2D eigenvalue weighted by Crippen LogP contribution is 2.36. The molecule has 1 atom stereocenters. The van der Waals surface area contributed by atoms with Crippen LogP contribution in [0.1, 0.15) is 17.8 Å². The van der Waals surface area contributed by atoms with Gasteiger partial charge in [-0.1, -0.05) is 47.6 Å². The molecule has 0 unspecified atom stereocenters. The van der Waals surface area contributed by atoms with Gasteiger partial charge in [0.25, 0.3) is 0 Å². The van der Waals surface area contributed by atoms with Gasteiger partial charge in [-0.25, -0.2) is 0 Å². The number of fused-ring (bicyclic) bond motifs is 1. The maximum absolute atomic E-state index is 6.19. The molecule has 0 N–H and O–H groups in total. The molecule has 0 spiro atoms. The van der Waals surface area contributed by atoms with Crippen molar-refractivity contribution in [3.8, 4) is 23.0 Å². The summed E-state index contributed by atoms with van der Waals surface area (Å²) in [6.07, 6.45) is -0.332. The first-order valence-electron chi connectivity index (χ1n) is 9.17. The Kier molecular flexibility index (Phi) is 5.06. The lowest BCUT2D eigenvalue weighted by molar-refractivity contribution is 0.0825. The Morgan fingerprint density at radius 3 is 2.70 bits per heavy atom. The average Bonchev–Trinajstić information content (AvgIpc) is 3.39. The van der Waals surface area contributed by atoms with Crippen molar-refractivity contribution >= 4 is 23.4 Å². The molecular formula is C20H16ClN5O3S. The molecular weight excluding hydrogens is 426 g/mol. The Hall–Kier alpha value is -3.04. The van der Waals surface area contributed by atoms with Gasteiger partial charge in [0.15, 0.2) is 28.6 Å². The van der Waals surface area contributed by atoms with Crippen LogP contribution < -0.4 is 9.47 Å². The standard InChI is InChI=1S/C20H16ClN5O3S/c1-26-18(16-10-27-14-8-4-5-9-15(14)28-16)23-25-20(26)30-11-17-22-24-19(29-17)12-6-2-3-7-13(12)21/h2-9,16H,10-11H2,1H3/t16-/m0/s1. The highest BCUT2D eigenvalue weighted by atomic mass is 35.5. The zero-order valence-corrected chi connectivity index (χ0v) is 17.4. The number of thioether (sulfide) groups is 1. The van der Waals surface area contributed by atoms with Crippen LogP contribution in [0.2, 0.25) is 5.02 Å². The van der Waals surface area contributed by atoms with E-state index in [4.69, 9.17) is 25.5 Å². The number of benzene rings is 2. The van der Waals surface area contributed by atoms with Crippen LogP contribution in [0, 0.1) is 0 Å². The third-order valence-electron chi connectivity index (χ3n) is 4.56. The Balaban J connectivity index is 1.28. The van der Waals surface area contributed by atoms with Gasteiger partial charge in [-0.15, -0.1) is 20.4 Å². The van der Waals surface area contributed by atoms with Gasteiger partial charge < -0.3 is 18.5 Å². The molecule has 0 bridgehead atoms. The molecule has 1 aliphatic heterocycles. The van der Waals surface area contributed by atoms with Crippen molar-refractivity contribution in [3.63, 3.8) is 0 Å². The van der Waals surface area contributed by atoms with Crippen molar-refractivity contribution in [2.75, 3.05) is 6.61 Å². The molecule has 0 amide bonds. The molecule has 0 saturated heterocycles. The molecule has 0 fully saturated rings. The lowest BCUT2D eigenvalue weighted by Crippen LogP contribution is -2.24. The van der Waals surface area contributed by atoms with E-state index in [9.17, 15) is 0 Å². The molecule has 10 heteroatoms. The minimum Gasteiger partial charge on any atom is -0.485 e. The first-order valence-corrected chi connectivity index (χ1v) is 10.5. The Morgan fingerprint density at radius 2 is 1.83 bits per heavy atom.